The Labute approximate surface area is 145 Å². The van der Waals surface area contributed by atoms with Crippen molar-refractivity contribution < 1.29 is 9.13 Å². The second-order valence-corrected chi connectivity index (χ2v) is 5.93. The van der Waals surface area contributed by atoms with Crippen molar-refractivity contribution in [2.45, 2.75) is 6.54 Å². The molecule has 0 amide bonds. The molecule has 0 N–H and O–H groups in total. The largest absolute Gasteiger partial charge is 0.492 e. The molecule has 0 bridgehead atoms. The van der Waals surface area contributed by atoms with Crippen molar-refractivity contribution in [3.05, 3.63) is 68.9 Å². The summed E-state index contributed by atoms with van der Waals surface area (Å²) in [6, 6.07) is 11.6. The number of hydrogen-bond donors (Lipinski definition) is 0. The Morgan fingerprint density at radius 2 is 2.17 bits per heavy atom. The number of hydrogen-bond acceptors (Lipinski definition) is 4. The van der Waals surface area contributed by atoms with Gasteiger partial charge in [0.25, 0.3) is 5.56 Å². The summed E-state index contributed by atoms with van der Waals surface area (Å²) in [4.78, 5) is 16.4. The molecule has 120 valence electrons. The normalized spacial score (nSPS) is 10.5. The fourth-order valence-corrected chi connectivity index (χ4v) is 2.70. The van der Waals surface area contributed by atoms with Crippen LogP contribution in [0.3, 0.4) is 0 Å². The zero-order valence-corrected chi connectivity index (χ0v) is 14.0. The molecule has 0 radical (unpaired) electrons. The number of nitrogens with zero attached hydrogens (tertiary/aromatic N) is 3. The van der Waals surface area contributed by atoms with Crippen molar-refractivity contribution in [1.29, 1.82) is 5.26 Å². The van der Waals surface area contributed by atoms with Gasteiger partial charge in [0, 0.05) is 4.47 Å². The van der Waals surface area contributed by atoms with E-state index in [9.17, 15) is 9.18 Å². The molecule has 2 aromatic carbocycles. The van der Waals surface area contributed by atoms with Gasteiger partial charge in [0.1, 0.15) is 17.9 Å². The molecule has 3 rings (SSSR count). The molecular weight excluding hydrogens is 377 g/mol. The minimum atomic E-state index is -0.548. The summed E-state index contributed by atoms with van der Waals surface area (Å²) in [7, 11) is 0. The molecule has 0 aliphatic heterocycles. The second-order valence-electron chi connectivity index (χ2n) is 5.01. The van der Waals surface area contributed by atoms with Gasteiger partial charge in [-0.15, -0.1) is 0 Å². The monoisotopic (exact) mass is 387 g/mol. The number of halogens is 2. The van der Waals surface area contributed by atoms with Crippen LogP contribution in [0.5, 0.6) is 5.75 Å². The molecule has 0 spiro atoms. The van der Waals surface area contributed by atoms with E-state index < -0.39 is 5.82 Å². The van der Waals surface area contributed by atoms with Crippen molar-refractivity contribution >= 4 is 26.8 Å². The van der Waals surface area contributed by atoms with Crippen LogP contribution in [0.1, 0.15) is 5.56 Å². The molecule has 0 aliphatic rings. The lowest BCUT2D eigenvalue weighted by Gasteiger charge is -2.09. The van der Waals surface area contributed by atoms with Gasteiger partial charge in [-0.05, 0) is 30.3 Å². The first-order chi connectivity index (χ1) is 11.6. The molecule has 0 saturated heterocycles. The van der Waals surface area contributed by atoms with E-state index in [4.69, 9.17) is 10.00 Å². The van der Waals surface area contributed by atoms with Crippen molar-refractivity contribution in [3.63, 3.8) is 0 Å². The van der Waals surface area contributed by atoms with E-state index in [2.05, 4.69) is 20.9 Å². The van der Waals surface area contributed by atoms with E-state index >= 15 is 0 Å². The zero-order valence-electron chi connectivity index (χ0n) is 12.4. The lowest BCUT2D eigenvalue weighted by molar-refractivity contribution is 0.296. The first-order valence-electron chi connectivity index (χ1n) is 7.05. The third-order valence-corrected chi connectivity index (χ3v) is 3.87. The van der Waals surface area contributed by atoms with Gasteiger partial charge in [-0.1, -0.05) is 22.0 Å². The third-order valence-electron chi connectivity index (χ3n) is 3.41. The maximum absolute atomic E-state index is 13.8. The predicted molar refractivity (Wildman–Crippen MR) is 90.3 cm³/mol. The lowest BCUT2D eigenvalue weighted by Crippen LogP contribution is -2.23. The zero-order chi connectivity index (χ0) is 17.1. The topological polar surface area (TPSA) is 67.9 Å². The van der Waals surface area contributed by atoms with Crippen LogP contribution >= 0.6 is 15.9 Å². The van der Waals surface area contributed by atoms with E-state index in [1.165, 1.54) is 17.0 Å². The lowest BCUT2D eigenvalue weighted by atomic mass is 10.2. The van der Waals surface area contributed by atoms with Gasteiger partial charge in [-0.3, -0.25) is 9.36 Å². The summed E-state index contributed by atoms with van der Waals surface area (Å²) in [6.45, 7) is 0.477. The smallest absolute Gasteiger partial charge is 0.261 e. The van der Waals surface area contributed by atoms with Gasteiger partial charge < -0.3 is 4.74 Å². The molecule has 0 aliphatic carbocycles. The summed E-state index contributed by atoms with van der Waals surface area (Å²) in [5, 5.41) is 9.06. The van der Waals surface area contributed by atoms with Crippen LogP contribution < -0.4 is 10.3 Å². The summed E-state index contributed by atoms with van der Waals surface area (Å²) < 4.78 is 21.2. The molecule has 7 heteroatoms. The highest BCUT2D eigenvalue weighted by atomic mass is 79.9. The van der Waals surface area contributed by atoms with Crippen LogP contribution in [-0.2, 0) is 6.54 Å². The molecule has 3 aromatic rings. The third kappa shape index (κ3) is 3.29. The molecule has 0 saturated carbocycles. The van der Waals surface area contributed by atoms with E-state index in [1.54, 1.807) is 30.3 Å². The van der Waals surface area contributed by atoms with Gasteiger partial charge in [-0.2, -0.15) is 5.26 Å². The van der Waals surface area contributed by atoms with Crippen LogP contribution in [0.4, 0.5) is 4.39 Å². The number of ether oxygens (including phenoxy) is 1. The van der Waals surface area contributed by atoms with Crippen LogP contribution in [0.25, 0.3) is 10.9 Å². The highest BCUT2D eigenvalue weighted by molar-refractivity contribution is 9.10. The van der Waals surface area contributed by atoms with Crippen LogP contribution in [0.2, 0.25) is 0 Å². The SMILES string of the molecule is N#Cc1cccc(OCCn2cnc3c(F)cc(Br)cc3c2=O)c1. The molecular formula is C17H11BrFN3O2. The van der Waals surface area contributed by atoms with Crippen molar-refractivity contribution in [3.8, 4) is 11.8 Å². The van der Waals surface area contributed by atoms with Gasteiger partial charge >= 0.3 is 0 Å². The maximum atomic E-state index is 13.8. The highest BCUT2D eigenvalue weighted by Crippen LogP contribution is 2.19. The van der Waals surface area contributed by atoms with Crippen LogP contribution in [0, 0.1) is 17.1 Å². The second kappa shape index (κ2) is 6.81. The van der Waals surface area contributed by atoms with E-state index in [0.717, 1.165) is 0 Å². The first kappa shape index (κ1) is 16.1. The molecule has 0 atom stereocenters. The van der Waals surface area contributed by atoms with Crippen molar-refractivity contribution in [1.82, 2.24) is 9.55 Å². The van der Waals surface area contributed by atoms with E-state index in [1.807, 2.05) is 6.07 Å². The molecule has 5 nitrogen and oxygen atoms in total. The number of fused-ring (bicyclic) bond motifs is 1. The number of rotatable bonds is 4. The fraction of sp³-hybridized carbons (Fsp3) is 0.118. The Morgan fingerprint density at radius 3 is 2.96 bits per heavy atom. The fourth-order valence-electron chi connectivity index (χ4n) is 2.27. The average Bonchev–Trinajstić information content (AvgIpc) is 2.57. The van der Waals surface area contributed by atoms with Gasteiger partial charge in [0.15, 0.2) is 5.82 Å². The highest BCUT2D eigenvalue weighted by Gasteiger charge is 2.10. The summed E-state index contributed by atoms with van der Waals surface area (Å²) in [6.07, 6.45) is 1.30. The van der Waals surface area contributed by atoms with Gasteiger partial charge in [0.05, 0.1) is 29.9 Å². The average molecular weight is 388 g/mol. The van der Waals surface area contributed by atoms with Gasteiger partial charge in [0.2, 0.25) is 0 Å². The molecule has 0 unspecified atom stereocenters. The molecule has 1 heterocycles. The predicted octanol–water partition coefficient (Wildman–Crippen LogP) is 3.25. The summed E-state index contributed by atoms with van der Waals surface area (Å²) in [5.74, 6) is -0.00201. The number of aromatic nitrogens is 2. The Kier molecular flexibility index (Phi) is 4.58. The Morgan fingerprint density at radius 1 is 1.33 bits per heavy atom. The number of benzene rings is 2. The molecule has 24 heavy (non-hydrogen) atoms. The summed E-state index contributed by atoms with van der Waals surface area (Å²) in [5.41, 5.74) is 0.203. The first-order valence-corrected chi connectivity index (χ1v) is 7.85. The quantitative estimate of drug-likeness (QED) is 0.688. The minimum Gasteiger partial charge on any atom is -0.492 e. The maximum Gasteiger partial charge on any atom is 0.261 e. The molecule has 1 aromatic heterocycles. The summed E-state index contributed by atoms with van der Waals surface area (Å²) >= 11 is 3.17. The Bertz CT molecular complexity index is 1010. The van der Waals surface area contributed by atoms with Gasteiger partial charge in [-0.25, -0.2) is 9.37 Å². The van der Waals surface area contributed by atoms with Crippen molar-refractivity contribution in [2.24, 2.45) is 0 Å². The number of nitriles is 1. The Balaban J connectivity index is 1.79. The van der Waals surface area contributed by atoms with E-state index in [0.29, 0.717) is 15.8 Å². The minimum absolute atomic E-state index is 0.0436. The molecule has 0 fully saturated rings. The van der Waals surface area contributed by atoms with Crippen LogP contribution in [0.15, 0.2) is 52.0 Å². The van der Waals surface area contributed by atoms with Crippen molar-refractivity contribution in [2.75, 3.05) is 6.61 Å². The Hall–Kier alpha value is -2.72. The van der Waals surface area contributed by atoms with E-state index in [-0.39, 0.29) is 29.6 Å². The standard InChI is InChI=1S/C17H11BrFN3O2/c18-12-7-14-16(15(19)8-12)21-10-22(17(14)23)4-5-24-13-3-1-2-11(6-13)9-20/h1-3,6-8,10H,4-5H2. The van der Waals surface area contributed by atoms with Crippen LogP contribution in [-0.4, -0.2) is 16.2 Å².